The van der Waals surface area contributed by atoms with E-state index < -0.39 is 0 Å². The fourth-order valence-electron chi connectivity index (χ4n) is 1.61. The second-order valence-electron chi connectivity index (χ2n) is 3.89. The summed E-state index contributed by atoms with van der Waals surface area (Å²) in [7, 11) is 3.00. The van der Waals surface area contributed by atoms with Gasteiger partial charge in [0.1, 0.15) is 17.2 Å². The Bertz CT molecular complexity index is 643. The van der Waals surface area contributed by atoms with Gasteiger partial charge in [-0.2, -0.15) is 0 Å². The van der Waals surface area contributed by atoms with Gasteiger partial charge in [-0.25, -0.2) is 4.98 Å². The summed E-state index contributed by atoms with van der Waals surface area (Å²) in [6.07, 6.45) is 0. The Hall–Kier alpha value is -1.79. The molecule has 106 valence electrons. The first-order chi connectivity index (χ1) is 9.55. The van der Waals surface area contributed by atoms with Gasteiger partial charge in [-0.05, 0) is 6.92 Å². The van der Waals surface area contributed by atoms with E-state index >= 15 is 0 Å². The minimum atomic E-state index is -0.308. The number of carbonyl (C=O) groups is 1. The van der Waals surface area contributed by atoms with Crippen LogP contribution < -0.4 is 14.8 Å². The number of carbonyl (C=O) groups excluding carboxylic acids is 1. The van der Waals surface area contributed by atoms with Crippen LogP contribution in [0.2, 0.25) is 5.02 Å². The maximum Gasteiger partial charge on any atom is 0.275 e. The second-order valence-corrected chi connectivity index (χ2v) is 5.36. The lowest BCUT2D eigenvalue weighted by molar-refractivity contribution is 0.102. The smallest absolute Gasteiger partial charge is 0.275 e. The van der Waals surface area contributed by atoms with Crippen molar-refractivity contribution in [3.8, 4) is 11.5 Å². The van der Waals surface area contributed by atoms with E-state index in [2.05, 4.69) is 10.3 Å². The molecule has 20 heavy (non-hydrogen) atoms. The predicted molar refractivity (Wildman–Crippen MR) is 79.4 cm³/mol. The van der Waals surface area contributed by atoms with Crippen molar-refractivity contribution in [2.24, 2.45) is 0 Å². The van der Waals surface area contributed by atoms with Crippen LogP contribution in [0, 0.1) is 6.92 Å². The predicted octanol–water partition coefficient (Wildman–Crippen LogP) is 3.37. The first-order valence-corrected chi connectivity index (χ1v) is 6.96. The largest absolute Gasteiger partial charge is 0.495 e. The number of hydrogen-bond donors (Lipinski definition) is 1. The molecule has 2 aromatic rings. The molecule has 0 fully saturated rings. The van der Waals surface area contributed by atoms with Gasteiger partial charge in [0, 0.05) is 17.5 Å². The first-order valence-electron chi connectivity index (χ1n) is 5.70. The number of rotatable bonds is 4. The molecule has 1 amide bonds. The monoisotopic (exact) mass is 312 g/mol. The Kier molecular flexibility index (Phi) is 4.46. The fraction of sp³-hybridized carbons (Fsp3) is 0.231. The summed E-state index contributed by atoms with van der Waals surface area (Å²) < 4.78 is 10.3. The number of amides is 1. The van der Waals surface area contributed by atoms with E-state index in [9.17, 15) is 4.79 Å². The number of nitrogens with one attached hydrogen (secondary N) is 1. The highest BCUT2D eigenvalue weighted by Crippen LogP contribution is 2.36. The molecule has 7 heteroatoms. The fourth-order valence-corrected chi connectivity index (χ4v) is 2.44. The second kappa shape index (κ2) is 6.11. The third kappa shape index (κ3) is 3.02. The average Bonchev–Trinajstić information content (AvgIpc) is 2.87. The highest BCUT2D eigenvalue weighted by molar-refractivity contribution is 7.09. The van der Waals surface area contributed by atoms with Crippen molar-refractivity contribution < 1.29 is 14.3 Å². The first kappa shape index (κ1) is 14.6. The van der Waals surface area contributed by atoms with Crippen LogP contribution in [0.5, 0.6) is 11.5 Å². The van der Waals surface area contributed by atoms with Crippen LogP contribution in [0.4, 0.5) is 5.69 Å². The van der Waals surface area contributed by atoms with E-state index in [1.807, 2.05) is 6.92 Å². The average molecular weight is 313 g/mol. The Labute approximate surface area is 125 Å². The van der Waals surface area contributed by atoms with Crippen LogP contribution in [0.3, 0.4) is 0 Å². The van der Waals surface area contributed by atoms with E-state index in [0.29, 0.717) is 27.9 Å². The van der Waals surface area contributed by atoms with Crippen LogP contribution in [-0.4, -0.2) is 25.1 Å². The van der Waals surface area contributed by atoms with Gasteiger partial charge in [-0.1, -0.05) is 11.6 Å². The minimum absolute atomic E-state index is 0.308. The van der Waals surface area contributed by atoms with Crippen LogP contribution in [-0.2, 0) is 0 Å². The number of halogens is 1. The summed E-state index contributed by atoms with van der Waals surface area (Å²) in [4.78, 5) is 16.2. The van der Waals surface area contributed by atoms with Crippen molar-refractivity contribution in [1.29, 1.82) is 0 Å². The maximum atomic E-state index is 12.1. The lowest BCUT2D eigenvalue weighted by atomic mass is 10.2. The van der Waals surface area contributed by atoms with Crippen LogP contribution in [0.25, 0.3) is 0 Å². The zero-order valence-corrected chi connectivity index (χ0v) is 12.8. The Morgan fingerprint density at radius 2 is 2.00 bits per heavy atom. The van der Waals surface area contributed by atoms with Crippen molar-refractivity contribution in [2.75, 3.05) is 19.5 Å². The quantitative estimate of drug-likeness (QED) is 0.940. The Morgan fingerprint density at radius 3 is 2.55 bits per heavy atom. The van der Waals surface area contributed by atoms with Gasteiger partial charge in [0.05, 0.1) is 29.9 Å². The van der Waals surface area contributed by atoms with Gasteiger partial charge in [-0.3, -0.25) is 4.79 Å². The summed E-state index contributed by atoms with van der Waals surface area (Å²) in [5, 5.41) is 5.67. The number of aromatic nitrogens is 1. The normalized spacial score (nSPS) is 10.2. The van der Waals surface area contributed by atoms with Crippen molar-refractivity contribution in [1.82, 2.24) is 4.98 Å². The molecule has 5 nitrogen and oxygen atoms in total. The number of nitrogens with zero attached hydrogens (tertiary/aromatic N) is 1. The number of methoxy groups -OCH3 is 2. The molecule has 0 aliphatic rings. The molecule has 0 spiro atoms. The van der Waals surface area contributed by atoms with E-state index in [1.165, 1.54) is 25.6 Å². The number of aryl methyl sites for hydroxylation is 1. The van der Waals surface area contributed by atoms with Crippen LogP contribution >= 0.6 is 22.9 Å². The molecule has 0 atom stereocenters. The molecule has 1 heterocycles. The third-order valence-electron chi connectivity index (χ3n) is 2.57. The molecule has 0 bridgehead atoms. The van der Waals surface area contributed by atoms with Crippen molar-refractivity contribution in [2.45, 2.75) is 6.92 Å². The Morgan fingerprint density at radius 1 is 1.30 bits per heavy atom. The summed E-state index contributed by atoms with van der Waals surface area (Å²) in [6.45, 7) is 1.84. The third-order valence-corrected chi connectivity index (χ3v) is 3.64. The van der Waals surface area contributed by atoms with Gasteiger partial charge in [0.15, 0.2) is 0 Å². The summed E-state index contributed by atoms with van der Waals surface area (Å²) in [5.41, 5.74) is 0.841. The van der Waals surface area contributed by atoms with E-state index in [1.54, 1.807) is 17.5 Å². The summed E-state index contributed by atoms with van der Waals surface area (Å²) >= 11 is 7.42. The standard InChI is InChI=1S/C13H13ClN2O3S/c1-7-15-10(6-20-7)13(17)16-9-5-11(18-2)8(14)4-12(9)19-3/h4-6H,1-3H3,(H,16,17). The molecular formula is C13H13ClN2O3S. The number of hydrogen-bond acceptors (Lipinski definition) is 5. The van der Waals surface area contributed by atoms with Crippen molar-refractivity contribution in [3.63, 3.8) is 0 Å². The van der Waals surface area contributed by atoms with Crippen molar-refractivity contribution >= 4 is 34.5 Å². The maximum absolute atomic E-state index is 12.1. The molecule has 0 unspecified atom stereocenters. The Balaban J connectivity index is 2.30. The zero-order valence-electron chi connectivity index (χ0n) is 11.2. The molecule has 1 N–H and O–H groups in total. The van der Waals surface area contributed by atoms with E-state index in [0.717, 1.165) is 5.01 Å². The molecular weight excluding hydrogens is 300 g/mol. The van der Waals surface area contributed by atoms with Gasteiger partial charge in [-0.15, -0.1) is 11.3 Å². The SMILES string of the molecule is COc1cc(NC(=O)c2csc(C)n2)c(OC)cc1Cl. The highest BCUT2D eigenvalue weighted by Gasteiger charge is 2.15. The molecule has 0 aliphatic heterocycles. The number of ether oxygens (including phenoxy) is 2. The summed E-state index contributed by atoms with van der Waals surface area (Å²) in [6, 6.07) is 3.20. The van der Waals surface area contributed by atoms with Gasteiger partial charge in [0.25, 0.3) is 5.91 Å². The number of thiazole rings is 1. The van der Waals surface area contributed by atoms with Gasteiger partial charge >= 0.3 is 0 Å². The topological polar surface area (TPSA) is 60.5 Å². The molecule has 0 saturated heterocycles. The molecule has 0 aliphatic carbocycles. The van der Waals surface area contributed by atoms with E-state index in [-0.39, 0.29) is 5.91 Å². The minimum Gasteiger partial charge on any atom is -0.495 e. The zero-order chi connectivity index (χ0) is 14.7. The number of anilines is 1. The molecule has 1 aromatic heterocycles. The highest BCUT2D eigenvalue weighted by atomic mass is 35.5. The molecule has 2 rings (SSSR count). The van der Waals surface area contributed by atoms with Gasteiger partial charge in [0.2, 0.25) is 0 Å². The lowest BCUT2D eigenvalue weighted by Crippen LogP contribution is -2.13. The lowest BCUT2D eigenvalue weighted by Gasteiger charge is -2.12. The van der Waals surface area contributed by atoms with E-state index in [4.69, 9.17) is 21.1 Å². The molecule has 0 saturated carbocycles. The molecule has 1 aromatic carbocycles. The van der Waals surface area contributed by atoms with Crippen LogP contribution in [0.1, 0.15) is 15.5 Å². The summed E-state index contributed by atoms with van der Waals surface area (Å²) in [5.74, 6) is 0.602. The van der Waals surface area contributed by atoms with Gasteiger partial charge < -0.3 is 14.8 Å². The number of benzene rings is 1. The van der Waals surface area contributed by atoms with Crippen molar-refractivity contribution in [3.05, 3.63) is 33.2 Å². The molecule has 0 radical (unpaired) electrons. The van der Waals surface area contributed by atoms with Crippen LogP contribution in [0.15, 0.2) is 17.5 Å².